The van der Waals surface area contributed by atoms with Crippen LogP contribution in [0.25, 0.3) is 0 Å². The highest BCUT2D eigenvalue weighted by molar-refractivity contribution is 6.31. The first-order valence-electron chi connectivity index (χ1n) is 6.96. The maximum Gasteiger partial charge on any atom is 0.0923 e. The van der Waals surface area contributed by atoms with Crippen LogP contribution < -0.4 is 0 Å². The largest absolute Gasteiger partial charge is 0.385 e. The highest BCUT2D eigenvalue weighted by Crippen LogP contribution is 2.31. The predicted octanol–water partition coefficient (Wildman–Crippen LogP) is 4.91. The standard InChI is InChI=1S/C18H21ClO/c1-13(2)15-10-8-14(9-11-15)12-18(3,20)16-6-4-5-7-17(16)19/h4-11,13,20H,12H2,1-3H3. The van der Waals surface area contributed by atoms with Gasteiger partial charge in [-0.3, -0.25) is 0 Å². The number of hydrogen-bond acceptors (Lipinski definition) is 1. The Kier molecular flexibility index (Phi) is 4.52. The number of benzene rings is 2. The number of aliphatic hydroxyl groups is 1. The van der Waals surface area contributed by atoms with E-state index in [1.807, 2.05) is 31.2 Å². The Bertz CT molecular complexity index is 570. The van der Waals surface area contributed by atoms with Gasteiger partial charge in [0.1, 0.15) is 0 Å². The van der Waals surface area contributed by atoms with Crippen molar-refractivity contribution in [2.75, 3.05) is 0 Å². The Labute approximate surface area is 126 Å². The minimum Gasteiger partial charge on any atom is -0.385 e. The Morgan fingerprint density at radius 2 is 1.65 bits per heavy atom. The predicted molar refractivity (Wildman–Crippen MR) is 85.3 cm³/mol. The van der Waals surface area contributed by atoms with Gasteiger partial charge < -0.3 is 5.11 Å². The molecule has 0 heterocycles. The van der Waals surface area contributed by atoms with Gasteiger partial charge in [0.25, 0.3) is 0 Å². The molecule has 0 amide bonds. The summed E-state index contributed by atoms with van der Waals surface area (Å²) in [7, 11) is 0. The van der Waals surface area contributed by atoms with Gasteiger partial charge in [0.05, 0.1) is 5.60 Å². The third-order valence-corrected chi connectivity index (χ3v) is 3.98. The van der Waals surface area contributed by atoms with Crippen LogP contribution in [0.4, 0.5) is 0 Å². The van der Waals surface area contributed by atoms with Crippen LogP contribution in [-0.4, -0.2) is 5.11 Å². The van der Waals surface area contributed by atoms with E-state index in [2.05, 4.69) is 38.1 Å². The normalized spacial score (nSPS) is 14.3. The summed E-state index contributed by atoms with van der Waals surface area (Å²) in [5.74, 6) is 0.521. The summed E-state index contributed by atoms with van der Waals surface area (Å²) in [5.41, 5.74) is 2.23. The first kappa shape index (κ1) is 15.1. The Morgan fingerprint density at radius 3 is 2.20 bits per heavy atom. The Hall–Kier alpha value is -1.31. The zero-order chi connectivity index (χ0) is 14.8. The zero-order valence-corrected chi connectivity index (χ0v) is 13.0. The van der Waals surface area contributed by atoms with Gasteiger partial charge in [-0.15, -0.1) is 0 Å². The monoisotopic (exact) mass is 288 g/mol. The van der Waals surface area contributed by atoms with E-state index in [-0.39, 0.29) is 0 Å². The molecule has 0 bridgehead atoms. The molecule has 106 valence electrons. The number of hydrogen-bond donors (Lipinski definition) is 1. The van der Waals surface area contributed by atoms with Crippen LogP contribution >= 0.6 is 11.6 Å². The summed E-state index contributed by atoms with van der Waals surface area (Å²) >= 11 is 6.18. The first-order chi connectivity index (χ1) is 9.40. The van der Waals surface area contributed by atoms with E-state index in [1.54, 1.807) is 0 Å². The molecule has 0 aliphatic rings. The van der Waals surface area contributed by atoms with Crippen LogP contribution in [0.2, 0.25) is 5.02 Å². The summed E-state index contributed by atoms with van der Waals surface area (Å²) in [6.07, 6.45) is 0.551. The SMILES string of the molecule is CC(C)c1ccc(CC(C)(O)c2ccccc2Cl)cc1. The average Bonchev–Trinajstić information content (AvgIpc) is 2.39. The van der Waals surface area contributed by atoms with Crippen molar-refractivity contribution in [3.05, 3.63) is 70.2 Å². The molecular weight excluding hydrogens is 268 g/mol. The minimum atomic E-state index is -0.961. The van der Waals surface area contributed by atoms with E-state index in [0.717, 1.165) is 11.1 Å². The summed E-state index contributed by atoms with van der Waals surface area (Å²) in [5, 5.41) is 11.3. The molecule has 0 aromatic heterocycles. The molecule has 2 rings (SSSR count). The van der Waals surface area contributed by atoms with Crippen molar-refractivity contribution in [1.29, 1.82) is 0 Å². The van der Waals surface area contributed by atoms with Crippen molar-refractivity contribution < 1.29 is 5.11 Å². The van der Waals surface area contributed by atoms with Gasteiger partial charge in [-0.25, -0.2) is 0 Å². The molecule has 2 aromatic carbocycles. The van der Waals surface area contributed by atoms with Crippen LogP contribution in [0.5, 0.6) is 0 Å². The molecule has 1 N–H and O–H groups in total. The van der Waals surface area contributed by atoms with Crippen molar-refractivity contribution in [1.82, 2.24) is 0 Å². The maximum atomic E-state index is 10.7. The molecule has 0 spiro atoms. The third kappa shape index (κ3) is 3.41. The van der Waals surface area contributed by atoms with Gasteiger partial charge in [-0.1, -0.05) is 67.9 Å². The van der Waals surface area contributed by atoms with Gasteiger partial charge in [-0.05, 0) is 30.0 Å². The molecular formula is C18H21ClO. The fourth-order valence-corrected chi connectivity index (χ4v) is 2.75. The lowest BCUT2D eigenvalue weighted by Crippen LogP contribution is -2.24. The van der Waals surface area contributed by atoms with E-state index >= 15 is 0 Å². The maximum absolute atomic E-state index is 10.7. The van der Waals surface area contributed by atoms with Gasteiger partial charge in [0.2, 0.25) is 0 Å². The third-order valence-electron chi connectivity index (χ3n) is 3.65. The van der Waals surface area contributed by atoms with Gasteiger partial charge in [0.15, 0.2) is 0 Å². The molecule has 0 fully saturated rings. The van der Waals surface area contributed by atoms with E-state index in [1.165, 1.54) is 5.56 Å². The molecule has 1 atom stereocenters. The molecule has 20 heavy (non-hydrogen) atoms. The van der Waals surface area contributed by atoms with Crippen LogP contribution in [-0.2, 0) is 12.0 Å². The molecule has 0 saturated carbocycles. The zero-order valence-electron chi connectivity index (χ0n) is 12.2. The summed E-state index contributed by atoms with van der Waals surface area (Å²) < 4.78 is 0. The molecule has 0 aliphatic heterocycles. The number of rotatable bonds is 4. The molecule has 0 radical (unpaired) electrons. The van der Waals surface area contributed by atoms with Crippen molar-refractivity contribution in [2.45, 2.75) is 38.7 Å². The fraction of sp³-hybridized carbons (Fsp3) is 0.333. The average molecular weight is 289 g/mol. The summed E-state index contributed by atoms with van der Waals surface area (Å²) in [6, 6.07) is 15.9. The highest BCUT2D eigenvalue weighted by Gasteiger charge is 2.25. The van der Waals surface area contributed by atoms with Crippen LogP contribution in [0.1, 0.15) is 43.4 Å². The second-order valence-corrected chi connectivity index (χ2v) is 6.23. The van der Waals surface area contributed by atoms with Crippen molar-refractivity contribution in [2.24, 2.45) is 0 Å². The molecule has 1 nitrogen and oxygen atoms in total. The summed E-state index contributed by atoms with van der Waals surface area (Å²) in [6.45, 7) is 6.16. The summed E-state index contributed by atoms with van der Waals surface area (Å²) in [4.78, 5) is 0. The van der Waals surface area contributed by atoms with E-state index < -0.39 is 5.60 Å². The molecule has 0 aliphatic carbocycles. The second-order valence-electron chi connectivity index (χ2n) is 5.83. The van der Waals surface area contributed by atoms with Gasteiger partial charge in [-0.2, -0.15) is 0 Å². The van der Waals surface area contributed by atoms with Crippen LogP contribution in [0.3, 0.4) is 0 Å². The lowest BCUT2D eigenvalue weighted by molar-refractivity contribution is 0.0577. The van der Waals surface area contributed by atoms with E-state index in [9.17, 15) is 5.11 Å². The van der Waals surface area contributed by atoms with Gasteiger partial charge >= 0.3 is 0 Å². The fourth-order valence-electron chi connectivity index (χ4n) is 2.41. The molecule has 2 heteroatoms. The van der Waals surface area contributed by atoms with E-state index in [0.29, 0.717) is 17.4 Å². The minimum absolute atomic E-state index is 0.521. The van der Waals surface area contributed by atoms with Crippen molar-refractivity contribution >= 4 is 11.6 Å². The Balaban J connectivity index is 2.22. The molecule has 0 saturated heterocycles. The van der Waals surface area contributed by atoms with E-state index in [4.69, 9.17) is 11.6 Å². The molecule has 2 aromatic rings. The molecule has 1 unspecified atom stereocenters. The Morgan fingerprint density at radius 1 is 1.05 bits per heavy atom. The lowest BCUT2D eigenvalue weighted by Gasteiger charge is -2.25. The van der Waals surface area contributed by atoms with Gasteiger partial charge in [0, 0.05) is 17.0 Å². The quantitative estimate of drug-likeness (QED) is 0.847. The van der Waals surface area contributed by atoms with Crippen LogP contribution in [0.15, 0.2) is 48.5 Å². The smallest absolute Gasteiger partial charge is 0.0923 e. The van der Waals surface area contributed by atoms with Crippen molar-refractivity contribution in [3.63, 3.8) is 0 Å². The first-order valence-corrected chi connectivity index (χ1v) is 7.34. The van der Waals surface area contributed by atoms with Crippen molar-refractivity contribution in [3.8, 4) is 0 Å². The highest BCUT2D eigenvalue weighted by atomic mass is 35.5. The topological polar surface area (TPSA) is 20.2 Å². The lowest BCUT2D eigenvalue weighted by atomic mass is 9.88. The number of halogens is 1. The second kappa shape index (κ2) is 5.99. The van der Waals surface area contributed by atoms with Crippen LogP contribution in [0, 0.1) is 0 Å².